The van der Waals surface area contributed by atoms with Crippen molar-refractivity contribution in [2.45, 2.75) is 45.6 Å². The summed E-state index contributed by atoms with van der Waals surface area (Å²) in [5.41, 5.74) is 1.90. The van der Waals surface area contributed by atoms with E-state index in [2.05, 4.69) is 13.0 Å². The molecule has 1 N–H and O–H groups in total. The number of aryl methyl sites for hydroxylation is 1. The molecule has 102 valence electrons. The number of aliphatic hydroxyl groups is 1. The fourth-order valence-corrected chi connectivity index (χ4v) is 3.56. The lowest BCUT2D eigenvalue weighted by molar-refractivity contribution is 0.0712. The van der Waals surface area contributed by atoms with Crippen LogP contribution in [0.3, 0.4) is 0 Å². The van der Waals surface area contributed by atoms with Gasteiger partial charge in [0.1, 0.15) is 11.3 Å². The van der Waals surface area contributed by atoms with Crippen LogP contribution in [0.15, 0.2) is 28.7 Å². The minimum atomic E-state index is -0.383. The molecular weight excluding hydrogens is 236 g/mol. The smallest absolute Gasteiger partial charge is 0.134 e. The lowest BCUT2D eigenvalue weighted by Crippen LogP contribution is -2.20. The van der Waals surface area contributed by atoms with Gasteiger partial charge in [0.05, 0.1) is 6.10 Å². The second-order valence-electron chi connectivity index (χ2n) is 6.04. The molecule has 3 atom stereocenters. The van der Waals surface area contributed by atoms with Crippen LogP contribution in [-0.2, 0) is 0 Å². The molecule has 1 aliphatic carbocycles. The number of aliphatic hydroxyl groups excluding tert-OH is 1. The first-order valence-corrected chi connectivity index (χ1v) is 7.33. The van der Waals surface area contributed by atoms with Crippen molar-refractivity contribution in [1.29, 1.82) is 0 Å². The maximum atomic E-state index is 10.8. The summed E-state index contributed by atoms with van der Waals surface area (Å²) in [4.78, 5) is 0. The Balaban J connectivity index is 1.96. The fourth-order valence-electron chi connectivity index (χ4n) is 3.56. The number of fused-ring (bicyclic) bond motifs is 1. The van der Waals surface area contributed by atoms with Crippen LogP contribution in [0.4, 0.5) is 0 Å². The summed E-state index contributed by atoms with van der Waals surface area (Å²) in [6.07, 6.45) is 4.41. The molecule has 3 rings (SSSR count). The summed E-state index contributed by atoms with van der Waals surface area (Å²) >= 11 is 0. The normalized spacial score (nSPS) is 25.6. The van der Waals surface area contributed by atoms with E-state index in [1.807, 2.05) is 25.1 Å². The van der Waals surface area contributed by atoms with Gasteiger partial charge in [0.25, 0.3) is 0 Å². The predicted octanol–water partition coefficient (Wildman–Crippen LogP) is 4.60. The van der Waals surface area contributed by atoms with Crippen molar-refractivity contribution in [2.24, 2.45) is 11.8 Å². The van der Waals surface area contributed by atoms with Crippen molar-refractivity contribution in [3.05, 3.63) is 35.6 Å². The standard InChI is InChI=1S/C17H22O2/c1-11-6-5-7-13(10-11)17(18)16-12(2)19-15-9-4-3-8-14(15)16/h3-4,8-9,11,13,17-18H,5-7,10H2,1-2H3. The van der Waals surface area contributed by atoms with Crippen LogP contribution in [0.25, 0.3) is 11.0 Å². The van der Waals surface area contributed by atoms with E-state index in [4.69, 9.17) is 4.42 Å². The first-order valence-electron chi connectivity index (χ1n) is 7.33. The molecule has 1 heterocycles. The summed E-state index contributed by atoms with van der Waals surface area (Å²) in [6.45, 7) is 4.25. The van der Waals surface area contributed by atoms with Crippen LogP contribution >= 0.6 is 0 Å². The third kappa shape index (κ3) is 2.30. The van der Waals surface area contributed by atoms with Gasteiger partial charge < -0.3 is 9.52 Å². The topological polar surface area (TPSA) is 33.4 Å². The highest BCUT2D eigenvalue weighted by Gasteiger charge is 2.29. The van der Waals surface area contributed by atoms with Crippen LogP contribution in [0.5, 0.6) is 0 Å². The zero-order chi connectivity index (χ0) is 13.4. The maximum Gasteiger partial charge on any atom is 0.134 e. The Labute approximate surface area is 114 Å². The van der Waals surface area contributed by atoms with Gasteiger partial charge in [-0.15, -0.1) is 0 Å². The van der Waals surface area contributed by atoms with E-state index in [0.717, 1.165) is 41.1 Å². The molecule has 1 aliphatic rings. The molecule has 0 radical (unpaired) electrons. The number of rotatable bonds is 2. The number of benzene rings is 1. The van der Waals surface area contributed by atoms with Gasteiger partial charge >= 0.3 is 0 Å². The minimum Gasteiger partial charge on any atom is -0.461 e. The molecule has 2 aromatic rings. The summed E-state index contributed by atoms with van der Waals surface area (Å²) in [6, 6.07) is 8.01. The summed E-state index contributed by atoms with van der Waals surface area (Å²) in [7, 11) is 0. The largest absolute Gasteiger partial charge is 0.461 e. The average Bonchev–Trinajstić information content (AvgIpc) is 2.74. The third-order valence-electron chi connectivity index (χ3n) is 4.54. The molecule has 0 aliphatic heterocycles. The van der Waals surface area contributed by atoms with Gasteiger partial charge in [0, 0.05) is 10.9 Å². The van der Waals surface area contributed by atoms with Gasteiger partial charge in [0.2, 0.25) is 0 Å². The molecule has 0 spiro atoms. The highest BCUT2D eigenvalue weighted by atomic mass is 16.3. The SMILES string of the molecule is Cc1oc2ccccc2c1C(O)C1CCCC(C)C1. The highest BCUT2D eigenvalue weighted by molar-refractivity contribution is 5.82. The summed E-state index contributed by atoms with van der Waals surface area (Å²) in [5, 5.41) is 11.8. The molecule has 2 heteroatoms. The van der Waals surface area contributed by atoms with E-state index in [9.17, 15) is 5.11 Å². The first-order chi connectivity index (χ1) is 9.16. The monoisotopic (exact) mass is 258 g/mol. The molecule has 3 unspecified atom stereocenters. The molecule has 1 aromatic heterocycles. The van der Waals surface area contributed by atoms with Crippen molar-refractivity contribution in [3.63, 3.8) is 0 Å². The predicted molar refractivity (Wildman–Crippen MR) is 77.0 cm³/mol. The van der Waals surface area contributed by atoms with Crippen LogP contribution in [0.2, 0.25) is 0 Å². The van der Waals surface area contributed by atoms with E-state index in [0.29, 0.717) is 5.92 Å². The average molecular weight is 258 g/mol. The molecule has 0 bridgehead atoms. The Morgan fingerprint density at radius 2 is 2.05 bits per heavy atom. The van der Waals surface area contributed by atoms with Crippen LogP contribution in [0.1, 0.15) is 50.0 Å². The zero-order valence-electron chi connectivity index (χ0n) is 11.7. The van der Waals surface area contributed by atoms with Gasteiger partial charge in [-0.3, -0.25) is 0 Å². The molecule has 2 nitrogen and oxygen atoms in total. The van der Waals surface area contributed by atoms with E-state index >= 15 is 0 Å². The molecule has 19 heavy (non-hydrogen) atoms. The van der Waals surface area contributed by atoms with Crippen LogP contribution < -0.4 is 0 Å². The molecule has 0 saturated heterocycles. The number of furan rings is 1. The molecule has 1 fully saturated rings. The summed E-state index contributed by atoms with van der Waals surface area (Å²) < 4.78 is 5.78. The number of hydrogen-bond donors (Lipinski definition) is 1. The first kappa shape index (κ1) is 12.7. The number of para-hydroxylation sites is 1. The molecular formula is C17H22O2. The lowest BCUT2D eigenvalue weighted by atomic mass is 9.77. The Kier molecular flexibility index (Phi) is 3.36. The Morgan fingerprint density at radius 1 is 1.26 bits per heavy atom. The van der Waals surface area contributed by atoms with Crippen LogP contribution in [0, 0.1) is 18.8 Å². The maximum absolute atomic E-state index is 10.8. The van der Waals surface area contributed by atoms with Crippen molar-refractivity contribution >= 4 is 11.0 Å². The zero-order valence-corrected chi connectivity index (χ0v) is 11.7. The van der Waals surface area contributed by atoms with E-state index in [1.54, 1.807) is 0 Å². The molecule has 0 amide bonds. The van der Waals surface area contributed by atoms with Gasteiger partial charge in [-0.05, 0) is 37.7 Å². The molecule has 1 aromatic carbocycles. The van der Waals surface area contributed by atoms with Crippen molar-refractivity contribution in [2.75, 3.05) is 0 Å². The van der Waals surface area contributed by atoms with Crippen molar-refractivity contribution in [3.8, 4) is 0 Å². The van der Waals surface area contributed by atoms with Gasteiger partial charge in [0.15, 0.2) is 0 Å². The summed E-state index contributed by atoms with van der Waals surface area (Å²) in [5.74, 6) is 1.97. The Hall–Kier alpha value is -1.28. The quantitative estimate of drug-likeness (QED) is 0.854. The number of hydrogen-bond acceptors (Lipinski definition) is 2. The second kappa shape index (κ2) is 5.01. The highest BCUT2D eigenvalue weighted by Crippen LogP contribution is 2.41. The van der Waals surface area contributed by atoms with Crippen LogP contribution in [-0.4, -0.2) is 5.11 Å². The minimum absolute atomic E-state index is 0.378. The second-order valence-corrected chi connectivity index (χ2v) is 6.04. The lowest BCUT2D eigenvalue weighted by Gasteiger charge is -2.30. The third-order valence-corrected chi connectivity index (χ3v) is 4.54. The van der Waals surface area contributed by atoms with Crippen molar-refractivity contribution in [1.82, 2.24) is 0 Å². The van der Waals surface area contributed by atoms with Gasteiger partial charge in [-0.2, -0.15) is 0 Å². The van der Waals surface area contributed by atoms with Gasteiger partial charge in [-0.1, -0.05) is 38.0 Å². The van der Waals surface area contributed by atoms with Crippen molar-refractivity contribution < 1.29 is 9.52 Å². The van der Waals surface area contributed by atoms with E-state index in [1.165, 1.54) is 12.8 Å². The molecule has 1 saturated carbocycles. The Morgan fingerprint density at radius 3 is 2.84 bits per heavy atom. The van der Waals surface area contributed by atoms with Gasteiger partial charge in [-0.25, -0.2) is 0 Å². The van der Waals surface area contributed by atoms with E-state index in [-0.39, 0.29) is 6.10 Å². The Bertz CT molecular complexity index is 570. The fraction of sp³-hybridized carbons (Fsp3) is 0.529. The van der Waals surface area contributed by atoms with E-state index < -0.39 is 0 Å².